The van der Waals surface area contributed by atoms with Gasteiger partial charge >= 0.3 is 5.97 Å². The highest BCUT2D eigenvalue weighted by molar-refractivity contribution is 5.87. The summed E-state index contributed by atoms with van der Waals surface area (Å²) in [7, 11) is 0. The zero-order valence-electron chi connectivity index (χ0n) is 11.6. The lowest BCUT2D eigenvalue weighted by atomic mass is 9.92. The van der Waals surface area contributed by atoms with Crippen LogP contribution in [0, 0.1) is 0 Å². The monoisotopic (exact) mass is 321 g/mol. The maximum Gasteiger partial charge on any atom is 0.326 e. The van der Waals surface area contributed by atoms with E-state index in [1.807, 2.05) is 0 Å². The second kappa shape index (κ2) is 6.07. The Kier molecular flexibility index (Phi) is 4.70. The van der Waals surface area contributed by atoms with E-state index in [2.05, 4.69) is 0 Å². The molecule has 2 fully saturated rings. The van der Waals surface area contributed by atoms with Crippen LogP contribution in [0.2, 0.25) is 0 Å². The number of nitrogens with zero attached hydrogens (tertiary/aromatic N) is 1. The van der Waals surface area contributed by atoms with Crippen molar-refractivity contribution in [3.8, 4) is 0 Å². The van der Waals surface area contributed by atoms with Crippen LogP contribution in [0.4, 0.5) is 0 Å². The quantitative estimate of drug-likeness (QED) is 0.304. The highest BCUT2D eigenvalue weighted by Gasteiger charge is 2.55. The molecule has 0 radical (unpaired) electrons. The number of likely N-dealkylation sites (tertiary alicyclic amines) is 1. The van der Waals surface area contributed by atoms with Crippen LogP contribution in [0.3, 0.4) is 0 Å². The van der Waals surface area contributed by atoms with Crippen molar-refractivity contribution in [2.24, 2.45) is 0 Å². The minimum Gasteiger partial charge on any atom is -0.480 e. The van der Waals surface area contributed by atoms with Gasteiger partial charge in [-0.3, -0.25) is 4.79 Å². The Balaban J connectivity index is 2.21. The summed E-state index contributed by atoms with van der Waals surface area (Å²) in [5, 5.41) is 57.8. The molecule has 0 spiro atoms. The van der Waals surface area contributed by atoms with Crippen molar-refractivity contribution >= 4 is 11.9 Å². The third-order valence-corrected chi connectivity index (χ3v) is 4.06. The number of aliphatic hydroxyl groups excluding tert-OH is 4. The van der Waals surface area contributed by atoms with Gasteiger partial charge in [-0.25, -0.2) is 4.79 Å². The number of carboxylic acid groups (broad SMARTS) is 1. The van der Waals surface area contributed by atoms with Gasteiger partial charge in [0.2, 0.25) is 11.7 Å². The second-order valence-corrected chi connectivity index (χ2v) is 5.52. The number of rotatable bonds is 4. The zero-order valence-corrected chi connectivity index (χ0v) is 11.6. The molecule has 2 saturated heterocycles. The first-order valence-corrected chi connectivity index (χ1v) is 6.79. The topological polar surface area (TPSA) is 168 Å². The molecular formula is C12H19NO9. The molecule has 10 heteroatoms. The highest BCUT2D eigenvalue weighted by atomic mass is 16.7. The normalized spacial score (nSPS) is 42.7. The van der Waals surface area contributed by atoms with Crippen molar-refractivity contribution in [2.45, 2.75) is 49.1 Å². The van der Waals surface area contributed by atoms with Gasteiger partial charge in [0.15, 0.2) is 0 Å². The number of carbonyl (C=O) groups is 2. The van der Waals surface area contributed by atoms with Crippen LogP contribution in [0.5, 0.6) is 0 Å². The Morgan fingerprint density at radius 3 is 2.50 bits per heavy atom. The SMILES string of the molecule is O=C(O)[C@@H]1CCC(=O)N1C[C@@]1(O)O[C@H](CO)[C@@H](O)[C@H](O)[C@H]1O. The fourth-order valence-electron chi connectivity index (χ4n) is 2.78. The third kappa shape index (κ3) is 2.81. The van der Waals surface area contributed by atoms with Gasteiger partial charge in [0.1, 0.15) is 30.5 Å². The Bertz CT molecular complexity index is 456. The van der Waals surface area contributed by atoms with E-state index in [1.54, 1.807) is 0 Å². The van der Waals surface area contributed by atoms with Gasteiger partial charge in [-0.15, -0.1) is 0 Å². The van der Waals surface area contributed by atoms with E-state index in [-0.39, 0.29) is 12.8 Å². The van der Waals surface area contributed by atoms with E-state index >= 15 is 0 Å². The molecule has 0 aliphatic carbocycles. The molecule has 1 amide bonds. The van der Waals surface area contributed by atoms with E-state index in [4.69, 9.17) is 14.9 Å². The molecule has 0 aromatic heterocycles. The molecule has 22 heavy (non-hydrogen) atoms. The number of aliphatic carboxylic acids is 1. The van der Waals surface area contributed by atoms with Gasteiger partial charge in [-0.1, -0.05) is 0 Å². The van der Waals surface area contributed by atoms with Crippen LogP contribution in [0.1, 0.15) is 12.8 Å². The van der Waals surface area contributed by atoms with Crippen molar-refractivity contribution in [2.75, 3.05) is 13.2 Å². The summed E-state index contributed by atoms with van der Waals surface area (Å²) in [6.45, 7) is -1.45. The molecule has 6 atom stereocenters. The van der Waals surface area contributed by atoms with Crippen molar-refractivity contribution in [1.82, 2.24) is 4.90 Å². The summed E-state index contributed by atoms with van der Waals surface area (Å²) < 4.78 is 5.02. The van der Waals surface area contributed by atoms with Crippen LogP contribution in [-0.2, 0) is 14.3 Å². The number of aliphatic hydroxyl groups is 5. The Morgan fingerprint density at radius 1 is 1.32 bits per heavy atom. The summed E-state index contributed by atoms with van der Waals surface area (Å²) in [5.74, 6) is -4.31. The fraction of sp³-hybridized carbons (Fsp3) is 0.833. The molecule has 2 rings (SSSR count). The van der Waals surface area contributed by atoms with Crippen LogP contribution in [0.15, 0.2) is 0 Å². The van der Waals surface area contributed by atoms with Gasteiger partial charge in [0, 0.05) is 6.42 Å². The van der Waals surface area contributed by atoms with Gasteiger partial charge in [-0.2, -0.15) is 0 Å². The summed E-state index contributed by atoms with van der Waals surface area (Å²) in [6, 6.07) is -1.18. The summed E-state index contributed by atoms with van der Waals surface area (Å²) >= 11 is 0. The predicted octanol–water partition coefficient (Wildman–Crippen LogP) is -3.78. The van der Waals surface area contributed by atoms with Crippen LogP contribution in [-0.4, -0.2) is 96.8 Å². The summed E-state index contributed by atoms with van der Waals surface area (Å²) in [5.41, 5.74) is 0. The van der Waals surface area contributed by atoms with Crippen molar-refractivity contribution in [1.29, 1.82) is 0 Å². The standard InChI is InChI=1S/C12H19NO9/c14-3-6-8(16)9(17)10(18)12(21,22-6)4-13-5(11(19)20)1-2-7(13)15/h5-6,8-10,14,16-18,21H,1-4H2,(H,19,20)/t5-,6+,8+,9-,10+,12+/m0/s1. The zero-order chi connectivity index (χ0) is 16.7. The van der Waals surface area contributed by atoms with E-state index < -0.39 is 61.3 Å². The fourth-order valence-corrected chi connectivity index (χ4v) is 2.78. The molecule has 2 aliphatic rings. The lowest BCUT2D eigenvalue weighted by Gasteiger charge is -2.46. The van der Waals surface area contributed by atoms with Crippen LogP contribution >= 0.6 is 0 Å². The first-order chi connectivity index (χ1) is 10.2. The predicted molar refractivity (Wildman–Crippen MR) is 67.3 cm³/mol. The van der Waals surface area contributed by atoms with E-state index in [0.717, 1.165) is 4.90 Å². The largest absolute Gasteiger partial charge is 0.480 e. The number of ether oxygens (including phenoxy) is 1. The average molecular weight is 321 g/mol. The van der Waals surface area contributed by atoms with Gasteiger partial charge in [-0.05, 0) is 6.42 Å². The summed E-state index contributed by atoms with van der Waals surface area (Å²) in [4.78, 5) is 23.7. The molecule has 0 aromatic rings. The number of carboxylic acids is 1. The second-order valence-electron chi connectivity index (χ2n) is 5.52. The number of hydrogen-bond donors (Lipinski definition) is 6. The van der Waals surface area contributed by atoms with Gasteiger partial charge < -0.3 is 40.3 Å². The van der Waals surface area contributed by atoms with Crippen LogP contribution < -0.4 is 0 Å². The Labute approximate surface area is 125 Å². The summed E-state index contributed by atoms with van der Waals surface area (Å²) in [6.07, 6.45) is -6.80. The van der Waals surface area contributed by atoms with E-state index in [0.29, 0.717) is 0 Å². The van der Waals surface area contributed by atoms with Gasteiger partial charge in [0.25, 0.3) is 0 Å². The average Bonchev–Trinajstić information content (AvgIpc) is 2.82. The maximum atomic E-state index is 11.8. The lowest BCUT2D eigenvalue weighted by Crippen LogP contribution is -2.68. The number of amides is 1. The smallest absolute Gasteiger partial charge is 0.326 e. The van der Waals surface area contributed by atoms with Crippen molar-refractivity contribution in [3.63, 3.8) is 0 Å². The van der Waals surface area contributed by atoms with Crippen molar-refractivity contribution in [3.05, 3.63) is 0 Å². The molecule has 0 unspecified atom stereocenters. The van der Waals surface area contributed by atoms with E-state index in [1.165, 1.54) is 0 Å². The number of hydrogen-bond acceptors (Lipinski definition) is 8. The molecule has 0 aromatic carbocycles. The highest BCUT2D eigenvalue weighted by Crippen LogP contribution is 2.31. The molecule has 2 heterocycles. The molecule has 0 saturated carbocycles. The van der Waals surface area contributed by atoms with Crippen molar-refractivity contribution < 1.29 is 45.0 Å². The molecule has 0 bridgehead atoms. The first-order valence-electron chi connectivity index (χ1n) is 6.79. The van der Waals surface area contributed by atoms with Crippen LogP contribution in [0.25, 0.3) is 0 Å². The first kappa shape index (κ1) is 17.1. The van der Waals surface area contributed by atoms with Gasteiger partial charge in [0.05, 0.1) is 13.2 Å². The Morgan fingerprint density at radius 2 is 1.95 bits per heavy atom. The Hall–Kier alpha value is -1.30. The molecule has 126 valence electrons. The van der Waals surface area contributed by atoms with E-state index in [9.17, 15) is 30.0 Å². The molecule has 10 nitrogen and oxygen atoms in total. The maximum absolute atomic E-state index is 11.8. The molecular weight excluding hydrogens is 302 g/mol. The lowest BCUT2D eigenvalue weighted by molar-refractivity contribution is -0.351. The minimum absolute atomic E-state index is 0.0300. The number of carbonyl (C=O) groups excluding carboxylic acids is 1. The third-order valence-electron chi connectivity index (χ3n) is 4.06. The molecule has 2 aliphatic heterocycles. The minimum atomic E-state index is -2.50. The molecule has 6 N–H and O–H groups in total. The number of β-amino-alcohol motifs (C(OH)–C–C–N with tert-alkyl or cyclic N) is 1.